The van der Waals surface area contributed by atoms with Gasteiger partial charge in [-0.1, -0.05) is 6.07 Å². The fraction of sp³-hybridized carbons (Fsp3) is 0.577. The molecule has 0 radical (unpaired) electrons. The lowest BCUT2D eigenvalue weighted by Gasteiger charge is -2.57. The van der Waals surface area contributed by atoms with Crippen LogP contribution in [0.1, 0.15) is 63.5 Å². The minimum absolute atomic E-state index is 0.226. The molecule has 1 heterocycles. The van der Waals surface area contributed by atoms with Crippen LogP contribution in [0, 0.1) is 17.8 Å². The maximum atomic E-state index is 12.9. The summed E-state index contributed by atoms with van der Waals surface area (Å²) < 4.78 is 10.7. The van der Waals surface area contributed by atoms with Crippen molar-refractivity contribution in [1.29, 1.82) is 0 Å². The van der Waals surface area contributed by atoms with Crippen molar-refractivity contribution < 1.29 is 23.9 Å². The number of esters is 1. The summed E-state index contributed by atoms with van der Waals surface area (Å²) in [7, 11) is 1.62. The van der Waals surface area contributed by atoms with E-state index < -0.39 is 17.1 Å². The smallest absolute Gasteiger partial charge is 0.326 e. The zero-order chi connectivity index (χ0) is 23.3. The van der Waals surface area contributed by atoms with E-state index in [4.69, 9.17) is 9.47 Å². The monoisotopic (exact) mass is 469 g/mol. The molecule has 176 valence electrons. The zero-order valence-electron chi connectivity index (χ0n) is 19.5. The predicted octanol–water partition coefficient (Wildman–Crippen LogP) is 5.15. The van der Waals surface area contributed by atoms with Crippen molar-refractivity contribution in [2.45, 2.75) is 63.9 Å². The minimum Gasteiger partial charge on any atom is -0.496 e. The first-order valence-corrected chi connectivity index (χ1v) is 12.7. The Hall–Kier alpha value is -2.28. The fourth-order valence-corrected chi connectivity index (χ4v) is 7.68. The number of carbonyl (C=O) groups is 3. The average molecular weight is 470 g/mol. The number of hydrogen-bond acceptors (Lipinski definition) is 6. The molecule has 7 heteroatoms. The molecule has 1 aromatic carbocycles. The number of nitrogens with zero attached hydrogens (tertiary/aromatic N) is 1. The highest BCUT2D eigenvalue weighted by Gasteiger charge is 2.51. The molecule has 6 nitrogen and oxygen atoms in total. The van der Waals surface area contributed by atoms with Crippen LogP contribution in [0.15, 0.2) is 23.1 Å². The Kier molecular flexibility index (Phi) is 5.79. The lowest BCUT2D eigenvalue weighted by molar-refractivity contribution is -0.149. The van der Waals surface area contributed by atoms with Gasteiger partial charge in [0.2, 0.25) is 0 Å². The van der Waals surface area contributed by atoms with E-state index in [0.717, 1.165) is 40.0 Å². The summed E-state index contributed by atoms with van der Waals surface area (Å²) in [4.78, 5) is 38.6. The number of carbonyl (C=O) groups excluding carboxylic acids is 3. The van der Waals surface area contributed by atoms with Crippen molar-refractivity contribution >= 4 is 35.0 Å². The van der Waals surface area contributed by atoms with Crippen LogP contribution in [0.4, 0.5) is 4.79 Å². The van der Waals surface area contributed by atoms with E-state index >= 15 is 0 Å². The maximum Gasteiger partial charge on any atom is 0.326 e. The standard InChI is InChI=1S/C26H31NO5S/c1-15(2)32-23(28)14-27-24(29)22(33-25(27)30)10-19-9-20(4-5-21(19)31-3)26-11-16-6-17(12-26)8-18(7-16)13-26/h4-5,9-10,15-18H,6-8,11-14H2,1-3H3/b22-10+. The number of benzene rings is 1. The van der Waals surface area contributed by atoms with Gasteiger partial charge in [0.1, 0.15) is 12.3 Å². The van der Waals surface area contributed by atoms with E-state index in [0.29, 0.717) is 10.7 Å². The Labute approximate surface area is 199 Å². The lowest BCUT2D eigenvalue weighted by atomic mass is 9.48. The average Bonchev–Trinajstić information content (AvgIpc) is 2.99. The highest BCUT2D eigenvalue weighted by atomic mass is 32.2. The maximum absolute atomic E-state index is 12.9. The first kappa shape index (κ1) is 22.5. The number of imide groups is 1. The quantitative estimate of drug-likeness (QED) is 0.424. The Morgan fingerprint density at radius 1 is 1.15 bits per heavy atom. The zero-order valence-corrected chi connectivity index (χ0v) is 20.3. The Morgan fingerprint density at radius 2 is 1.79 bits per heavy atom. The first-order chi connectivity index (χ1) is 15.8. The summed E-state index contributed by atoms with van der Waals surface area (Å²) in [6.45, 7) is 3.09. The van der Waals surface area contributed by atoms with E-state index in [-0.39, 0.29) is 18.1 Å². The van der Waals surface area contributed by atoms with Gasteiger partial charge in [-0.3, -0.25) is 19.3 Å². The molecular weight excluding hydrogens is 438 g/mol. The molecule has 0 N–H and O–H groups in total. The van der Waals surface area contributed by atoms with Crippen molar-refractivity contribution in [1.82, 2.24) is 4.90 Å². The molecule has 5 fully saturated rings. The normalized spacial score (nSPS) is 31.7. The van der Waals surface area contributed by atoms with Crippen molar-refractivity contribution in [3.63, 3.8) is 0 Å². The van der Waals surface area contributed by atoms with Gasteiger partial charge in [0.15, 0.2) is 0 Å². The third kappa shape index (κ3) is 4.20. The highest BCUT2D eigenvalue weighted by Crippen LogP contribution is 2.61. The highest BCUT2D eigenvalue weighted by molar-refractivity contribution is 8.18. The van der Waals surface area contributed by atoms with Gasteiger partial charge in [0, 0.05) is 5.56 Å². The van der Waals surface area contributed by atoms with Gasteiger partial charge < -0.3 is 9.47 Å². The molecular formula is C26H31NO5S. The molecule has 0 atom stereocenters. The van der Waals surface area contributed by atoms with Crippen LogP contribution >= 0.6 is 11.8 Å². The van der Waals surface area contributed by atoms with E-state index in [1.165, 1.54) is 44.1 Å². The second-order valence-corrected chi connectivity index (χ2v) is 11.5. The third-order valence-corrected chi connectivity index (χ3v) is 8.60. The fourth-order valence-electron chi connectivity index (χ4n) is 6.85. The predicted molar refractivity (Wildman–Crippen MR) is 127 cm³/mol. The van der Waals surface area contributed by atoms with Gasteiger partial charge in [0.05, 0.1) is 18.1 Å². The molecule has 0 aromatic heterocycles. The molecule has 2 amide bonds. The summed E-state index contributed by atoms with van der Waals surface area (Å²) in [5.41, 5.74) is 2.36. The minimum atomic E-state index is -0.588. The van der Waals surface area contributed by atoms with Crippen LogP contribution in [-0.4, -0.2) is 41.8 Å². The second kappa shape index (κ2) is 8.49. The van der Waals surface area contributed by atoms with Gasteiger partial charge in [0.25, 0.3) is 11.1 Å². The molecule has 4 bridgehead atoms. The molecule has 4 aliphatic carbocycles. The molecule has 1 aromatic rings. The number of methoxy groups -OCH3 is 1. The molecule has 5 aliphatic rings. The van der Waals surface area contributed by atoms with Gasteiger partial charge >= 0.3 is 5.97 Å². The van der Waals surface area contributed by atoms with Crippen molar-refractivity contribution in [2.75, 3.05) is 13.7 Å². The van der Waals surface area contributed by atoms with E-state index in [1.807, 2.05) is 6.07 Å². The number of ether oxygens (including phenoxy) is 2. The summed E-state index contributed by atoms with van der Waals surface area (Å²) in [5.74, 6) is 2.13. The topological polar surface area (TPSA) is 72.9 Å². The summed E-state index contributed by atoms with van der Waals surface area (Å²) in [5, 5.41) is -0.455. The molecule has 1 saturated heterocycles. The van der Waals surface area contributed by atoms with Gasteiger partial charge in [-0.25, -0.2) is 0 Å². The number of amides is 2. The SMILES string of the molecule is COc1ccc(C23CC4CC(CC(C4)C2)C3)cc1/C=C1/SC(=O)N(CC(=O)OC(C)C)C1=O. The molecule has 6 rings (SSSR count). The van der Waals surface area contributed by atoms with Crippen LogP contribution in [0.25, 0.3) is 6.08 Å². The van der Waals surface area contributed by atoms with Gasteiger partial charge in [-0.15, -0.1) is 0 Å². The molecule has 1 aliphatic heterocycles. The third-order valence-electron chi connectivity index (χ3n) is 7.69. The Bertz CT molecular complexity index is 994. The van der Waals surface area contributed by atoms with Crippen LogP contribution in [0.5, 0.6) is 5.75 Å². The van der Waals surface area contributed by atoms with Crippen LogP contribution in [0.3, 0.4) is 0 Å². The molecule has 33 heavy (non-hydrogen) atoms. The largest absolute Gasteiger partial charge is 0.496 e. The number of rotatable bonds is 6. The molecule has 0 unspecified atom stereocenters. The molecule has 4 saturated carbocycles. The first-order valence-electron chi connectivity index (χ1n) is 11.9. The van der Waals surface area contributed by atoms with Crippen LogP contribution in [-0.2, 0) is 19.7 Å². The van der Waals surface area contributed by atoms with E-state index in [2.05, 4.69) is 12.1 Å². The van der Waals surface area contributed by atoms with Gasteiger partial charge in [-0.2, -0.15) is 0 Å². The number of thioether (sulfide) groups is 1. The van der Waals surface area contributed by atoms with Gasteiger partial charge in [-0.05, 0) is 111 Å². The second-order valence-electron chi connectivity index (χ2n) is 10.5. The van der Waals surface area contributed by atoms with Crippen LogP contribution in [0.2, 0.25) is 0 Å². The summed E-state index contributed by atoms with van der Waals surface area (Å²) >= 11 is 0.857. The summed E-state index contributed by atoms with van der Waals surface area (Å²) in [6.07, 6.45) is 9.33. The van der Waals surface area contributed by atoms with Crippen molar-refractivity contribution in [3.8, 4) is 5.75 Å². The Morgan fingerprint density at radius 3 is 2.36 bits per heavy atom. The Balaban J connectivity index is 1.42. The van der Waals surface area contributed by atoms with E-state index in [1.54, 1.807) is 27.0 Å². The lowest BCUT2D eigenvalue weighted by Crippen LogP contribution is -2.48. The number of hydrogen-bond donors (Lipinski definition) is 0. The molecule has 0 spiro atoms. The van der Waals surface area contributed by atoms with E-state index in [9.17, 15) is 14.4 Å². The van der Waals surface area contributed by atoms with Crippen molar-refractivity contribution in [3.05, 3.63) is 34.2 Å². The summed E-state index contributed by atoms with van der Waals surface area (Å²) in [6, 6.07) is 6.34. The van der Waals surface area contributed by atoms with Crippen molar-refractivity contribution in [2.24, 2.45) is 17.8 Å². The van der Waals surface area contributed by atoms with Crippen LogP contribution < -0.4 is 4.74 Å².